The minimum absolute atomic E-state index is 0.0522. The topological polar surface area (TPSA) is 47.9 Å². The van der Waals surface area contributed by atoms with Crippen LogP contribution in [0.15, 0.2) is 12.2 Å². The van der Waals surface area contributed by atoms with E-state index in [1.165, 1.54) is 37.7 Å². The maximum atomic E-state index is 10.9. The van der Waals surface area contributed by atoms with Gasteiger partial charge in [0, 0.05) is 18.3 Å². The summed E-state index contributed by atoms with van der Waals surface area (Å²) < 4.78 is 18.7. The van der Waals surface area contributed by atoms with E-state index in [0.717, 1.165) is 12.3 Å². The van der Waals surface area contributed by atoms with Gasteiger partial charge in [-0.2, -0.15) is 0 Å². The summed E-state index contributed by atoms with van der Waals surface area (Å²) >= 11 is 0. The van der Waals surface area contributed by atoms with Crippen LogP contribution in [-0.4, -0.2) is 32.3 Å². The lowest BCUT2D eigenvalue weighted by Gasteiger charge is -2.50. The second-order valence-corrected chi connectivity index (χ2v) is 18.1. The third-order valence-electron chi connectivity index (χ3n) is 10.1. The molecule has 2 saturated carbocycles. The number of fused-ring (bicyclic) bond motifs is 2. The third kappa shape index (κ3) is 3.90. The van der Waals surface area contributed by atoms with Crippen molar-refractivity contribution in [3.63, 3.8) is 0 Å². The van der Waals surface area contributed by atoms with E-state index in [0.29, 0.717) is 11.3 Å². The van der Waals surface area contributed by atoms with Gasteiger partial charge in [0.1, 0.15) is 0 Å². The van der Waals surface area contributed by atoms with Crippen LogP contribution in [0.4, 0.5) is 0 Å². The van der Waals surface area contributed by atoms with Crippen LogP contribution in [0.5, 0.6) is 0 Å². The van der Waals surface area contributed by atoms with Crippen LogP contribution in [0.25, 0.3) is 0 Å². The highest BCUT2D eigenvalue weighted by Crippen LogP contribution is 2.64. The first-order chi connectivity index (χ1) is 14.2. The zero-order valence-corrected chi connectivity index (χ0v) is 22.2. The molecule has 2 heterocycles. The van der Waals surface area contributed by atoms with Gasteiger partial charge in [-0.1, -0.05) is 60.1 Å². The lowest BCUT2D eigenvalue weighted by atomic mass is 9.54. The number of rotatable bonds is 4. The molecule has 31 heavy (non-hydrogen) atoms. The summed E-state index contributed by atoms with van der Waals surface area (Å²) in [6.45, 7) is 23.3. The highest BCUT2D eigenvalue weighted by atomic mass is 28.4. The fourth-order valence-electron chi connectivity index (χ4n) is 7.37. The van der Waals surface area contributed by atoms with Crippen molar-refractivity contribution in [1.82, 2.24) is 0 Å². The van der Waals surface area contributed by atoms with Crippen molar-refractivity contribution in [2.24, 2.45) is 34.5 Å². The second kappa shape index (κ2) is 7.66. The van der Waals surface area contributed by atoms with Crippen LogP contribution < -0.4 is 0 Å². The van der Waals surface area contributed by atoms with Gasteiger partial charge < -0.3 is 19.0 Å². The number of hydrogen-bond acceptors (Lipinski definition) is 4. The summed E-state index contributed by atoms with van der Waals surface area (Å²) in [7, 11) is -1.93. The predicted molar refractivity (Wildman–Crippen MR) is 127 cm³/mol. The number of aliphatic hydroxyl groups is 1. The molecule has 2 aliphatic carbocycles. The van der Waals surface area contributed by atoms with Crippen LogP contribution in [0, 0.1) is 34.5 Å². The second-order valence-electron chi connectivity index (χ2n) is 13.4. The molecule has 2 saturated heterocycles. The maximum Gasteiger partial charge on any atom is 0.195 e. The Bertz CT molecular complexity index is 711. The highest BCUT2D eigenvalue weighted by Gasteiger charge is 2.59. The molecular formula is C26H46O4Si. The zero-order valence-electron chi connectivity index (χ0n) is 21.2. The molecule has 1 unspecified atom stereocenters. The van der Waals surface area contributed by atoms with E-state index in [2.05, 4.69) is 61.2 Å². The van der Waals surface area contributed by atoms with Gasteiger partial charge in [-0.05, 0) is 66.5 Å². The van der Waals surface area contributed by atoms with E-state index in [1.807, 2.05) is 0 Å². The Hall–Kier alpha value is -0.203. The average Bonchev–Trinajstić information content (AvgIpc) is 3.22. The molecule has 0 amide bonds. The Morgan fingerprint density at radius 3 is 2.42 bits per heavy atom. The zero-order chi connectivity index (χ0) is 23.0. The molecule has 4 rings (SSSR count). The van der Waals surface area contributed by atoms with Gasteiger partial charge in [-0.25, -0.2) is 0 Å². The van der Waals surface area contributed by atoms with Crippen LogP contribution >= 0.6 is 0 Å². The Balaban J connectivity index is 1.49. The van der Waals surface area contributed by atoms with Crippen molar-refractivity contribution in [2.45, 2.75) is 117 Å². The van der Waals surface area contributed by atoms with Gasteiger partial charge in [0.25, 0.3) is 0 Å². The standard InChI is InChI=1S/C26H46O4Si/c1-16(18-11-12-19-25(5,6)13-10-14-26(18,19)7)21-17-15-20(28-23(17)29-22(21)27)30-31(8,9)24(2,3)4/h17-23,27H,1,10-15H2,2-9H3/t17-,18-,19+,20-,21+,22?,23+,26-/m1/s1. The third-order valence-corrected chi connectivity index (χ3v) is 14.5. The molecule has 0 bridgehead atoms. The minimum atomic E-state index is -1.93. The van der Waals surface area contributed by atoms with E-state index >= 15 is 0 Å². The summed E-state index contributed by atoms with van der Waals surface area (Å²) in [6, 6.07) is 0. The molecule has 0 aromatic carbocycles. The van der Waals surface area contributed by atoms with E-state index in [1.54, 1.807) is 0 Å². The van der Waals surface area contributed by atoms with E-state index < -0.39 is 14.6 Å². The normalized spacial score (nSPS) is 44.9. The molecule has 5 heteroatoms. The van der Waals surface area contributed by atoms with Crippen LogP contribution in [0.2, 0.25) is 18.1 Å². The van der Waals surface area contributed by atoms with E-state index in [-0.39, 0.29) is 34.9 Å². The Labute approximate surface area is 191 Å². The molecule has 4 nitrogen and oxygen atoms in total. The quantitative estimate of drug-likeness (QED) is 0.394. The molecule has 1 N–H and O–H groups in total. The largest absolute Gasteiger partial charge is 0.392 e. The fourth-order valence-corrected chi connectivity index (χ4v) is 8.53. The van der Waals surface area contributed by atoms with Crippen LogP contribution in [0.3, 0.4) is 0 Å². The first kappa shape index (κ1) is 23.9. The summed E-state index contributed by atoms with van der Waals surface area (Å²) in [6.07, 6.45) is 5.73. The average molecular weight is 451 g/mol. The Morgan fingerprint density at radius 2 is 1.77 bits per heavy atom. The number of ether oxygens (including phenoxy) is 2. The lowest BCUT2D eigenvalue weighted by Crippen LogP contribution is -2.44. The van der Waals surface area contributed by atoms with Gasteiger partial charge in [0.2, 0.25) is 0 Å². The monoisotopic (exact) mass is 450 g/mol. The van der Waals surface area contributed by atoms with E-state index in [4.69, 9.17) is 13.9 Å². The summed E-state index contributed by atoms with van der Waals surface area (Å²) in [5, 5.41) is 11.0. The molecule has 8 atom stereocenters. The van der Waals surface area contributed by atoms with Crippen molar-refractivity contribution in [3.8, 4) is 0 Å². The van der Waals surface area contributed by atoms with Gasteiger partial charge in [0.15, 0.2) is 27.2 Å². The Kier molecular flexibility index (Phi) is 5.91. The first-order valence-electron chi connectivity index (χ1n) is 12.5. The first-order valence-corrected chi connectivity index (χ1v) is 15.4. The highest BCUT2D eigenvalue weighted by molar-refractivity contribution is 6.74. The van der Waals surface area contributed by atoms with Crippen molar-refractivity contribution in [2.75, 3.05) is 0 Å². The molecular weight excluding hydrogens is 404 g/mol. The van der Waals surface area contributed by atoms with Crippen LogP contribution in [-0.2, 0) is 13.9 Å². The molecule has 2 aliphatic heterocycles. The van der Waals surface area contributed by atoms with Crippen LogP contribution in [0.1, 0.15) is 80.1 Å². The van der Waals surface area contributed by atoms with Gasteiger partial charge in [-0.3, -0.25) is 0 Å². The Morgan fingerprint density at radius 1 is 1.10 bits per heavy atom. The predicted octanol–water partition coefficient (Wildman–Crippen LogP) is 6.46. The van der Waals surface area contributed by atoms with Crippen molar-refractivity contribution in [3.05, 3.63) is 12.2 Å². The minimum Gasteiger partial charge on any atom is -0.392 e. The molecule has 0 spiro atoms. The van der Waals surface area contributed by atoms with Crippen molar-refractivity contribution in [1.29, 1.82) is 0 Å². The molecule has 0 aromatic rings. The van der Waals surface area contributed by atoms with Crippen molar-refractivity contribution < 1.29 is 19.0 Å². The smallest absolute Gasteiger partial charge is 0.195 e. The van der Waals surface area contributed by atoms with E-state index in [9.17, 15) is 5.11 Å². The van der Waals surface area contributed by atoms with Gasteiger partial charge >= 0.3 is 0 Å². The van der Waals surface area contributed by atoms with Gasteiger partial charge in [-0.15, -0.1) is 0 Å². The maximum absolute atomic E-state index is 10.9. The number of aliphatic hydroxyl groups excluding tert-OH is 1. The van der Waals surface area contributed by atoms with Gasteiger partial charge in [0.05, 0.1) is 0 Å². The fraction of sp³-hybridized carbons (Fsp3) is 0.923. The molecule has 178 valence electrons. The SMILES string of the molecule is C=C([C@@H]1C(O)O[C@@H]2O[C@H](O[Si](C)(C)C(C)(C)C)C[C@@H]21)[C@H]1CC[C@H]2C(C)(C)CCC[C@]12C. The molecule has 0 aromatic heterocycles. The summed E-state index contributed by atoms with van der Waals surface area (Å²) in [5.74, 6) is 1.28. The number of hydrogen-bond donors (Lipinski definition) is 1. The van der Waals surface area contributed by atoms with Crippen molar-refractivity contribution >= 4 is 8.32 Å². The molecule has 4 fully saturated rings. The molecule has 0 radical (unpaired) electrons. The summed E-state index contributed by atoms with van der Waals surface area (Å²) in [5.41, 5.74) is 1.89. The molecule has 4 aliphatic rings. The summed E-state index contributed by atoms with van der Waals surface area (Å²) in [4.78, 5) is 0. The lowest BCUT2D eigenvalue weighted by molar-refractivity contribution is -0.221.